The van der Waals surface area contributed by atoms with Gasteiger partial charge in [0.15, 0.2) is 8.32 Å². The lowest BCUT2D eigenvalue weighted by molar-refractivity contribution is -0.131. The molecular weight excluding hydrogens is 252 g/mol. The Labute approximate surface area is 119 Å². The molecule has 0 heterocycles. The minimum absolute atomic E-state index is 0.112. The maximum Gasteiger partial charge on any atom is 0.192 e. The summed E-state index contributed by atoms with van der Waals surface area (Å²) in [5.41, 5.74) is -0.153. The number of carbonyl (C=O) groups excluding carboxylic acids is 1. The van der Waals surface area contributed by atoms with Crippen LogP contribution in [0.1, 0.15) is 48.5 Å². The smallest absolute Gasteiger partial charge is 0.192 e. The van der Waals surface area contributed by atoms with Crippen molar-refractivity contribution in [1.82, 2.24) is 0 Å². The molecule has 0 radical (unpaired) electrons. The Hall–Kier alpha value is -0.153. The van der Waals surface area contributed by atoms with Crippen molar-refractivity contribution in [2.24, 2.45) is 22.7 Å². The zero-order chi connectivity index (χ0) is 15.0. The Morgan fingerprint density at radius 2 is 1.58 bits per heavy atom. The molecule has 3 atom stereocenters. The molecule has 0 N–H and O–H groups in total. The molecule has 2 aliphatic rings. The molecule has 2 nitrogen and oxygen atoms in total. The van der Waals surface area contributed by atoms with Crippen molar-refractivity contribution in [2.75, 3.05) is 0 Å². The average Bonchev–Trinajstić information content (AvgIpc) is 2.66. The summed E-state index contributed by atoms with van der Waals surface area (Å²) in [7, 11) is -1.82. The Balaban J connectivity index is 2.28. The molecule has 110 valence electrons. The summed E-state index contributed by atoms with van der Waals surface area (Å²) in [6.07, 6.45) is 0.112. The number of ketones is 1. The van der Waals surface area contributed by atoms with Gasteiger partial charge in [-0.25, -0.2) is 0 Å². The van der Waals surface area contributed by atoms with Crippen molar-refractivity contribution in [3.05, 3.63) is 0 Å². The fourth-order valence-corrected chi connectivity index (χ4v) is 4.88. The quantitative estimate of drug-likeness (QED) is 0.707. The average molecular weight is 282 g/mol. The first-order valence-corrected chi connectivity index (χ1v) is 10.4. The Bertz CT molecular complexity index is 415. The minimum Gasteiger partial charge on any atom is -0.413 e. The highest BCUT2D eigenvalue weighted by Gasteiger charge is 2.75. The highest BCUT2D eigenvalue weighted by Crippen LogP contribution is 2.70. The summed E-state index contributed by atoms with van der Waals surface area (Å²) >= 11 is 0. The van der Waals surface area contributed by atoms with Crippen LogP contribution in [0.25, 0.3) is 0 Å². The summed E-state index contributed by atoms with van der Waals surface area (Å²) in [4.78, 5) is 12.6. The molecule has 0 aromatic carbocycles. The second-order valence-corrected chi connectivity index (χ2v) is 14.0. The number of fused-ring (bicyclic) bond motifs is 1. The Morgan fingerprint density at radius 3 is 1.95 bits per heavy atom. The normalized spacial score (nSPS) is 36.3. The van der Waals surface area contributed by atoms with E-state index in [0.717, 1.165) is 0 Å². The first kappa shape index (κ1) is 15.2. The standard InChI is InChI=1S/C16H30O2Si/c1-14(2,3)19(8,9)18-13-11-10(15(11,4)5)12(17)16(13,6)7/h10-11,13H,1-9H3/t10-,11+,13-/m0/s1. The fourth-order valence-electron chi connectivity index (χ4n) is 3.45. The zero-order valence-corrected chi connectivity index (χ0v) is 15.0. The van der Waals surface area contributed by atoms with Crippen LogP contribution >= 0.6 is 0 Å². The van der Waals surface area contributed by atoms with Gasteiger partial charge < -0.3 is 4.43 Å². The van der Waals surface area contributed by atoms with Crippen molar-refractivity contribution >= 4 is 14.1 Å². The van der Waals surface area contributed by atoms with Crippen LogP contribution < -0.4 is 0 Å². The second kappa shape index (κ2) is 3.73. The highest BCUT2D eigenvalue weighted by molar-refractivity contribution is 6.74. The van der Waals surface area contributed by atoms with E-state index in [2.05, 4.69) is 61.6 Å². The van der Waals surface area contributed by atoms with Crippen LogP contribution in [-0.4, -0.2) is 20.2 Å². The van der Waals surface area contributed by atoms with Crippen LogP contribution in [0.3, 0.4) is 0 Å². The molecule has 0 unspecified atom stereocenters. The van der Waals surface area contributed by atoms with Gasteiger partial charge in [-0.3, -0.25) is 4.79 Å². The van der Waals surface area contributed by atoms with Crippen LogP contribution in [0.5, 0.6) is 0 Å². The topological polar surface area (TPSA) is 26.3 Å². The number of Topliss-reactive ketones (excluding diaryl/α,β-unsaturated/α-hetero) is 1. The SMILES string of the molecule is CC1(C)C(=O)[C@@H]2[C@H]([C@@H]1O[Si](C)(C)C(C)(C)C)C2(C)C. The first-order valence-electron chi connectivity index (χ1n) is 7.47. The monoisotopic (exact) mass is 282 g/mol. The van der Waals surface area contributed by atoms with Crippen LogP contribution in [0.15, 0.2) is 0 Å². The van der Waals surface area contributed by atoms with Gasteiger partial charge in [0.05, 0.1) is 6.10 Å². The predicted octanol–water partition coefficient (Wildman–Crippen LogP) is 4.26. The molecule has 2 rings (SSSR count). The van der Waals surface area contributed by atoms with Gasteiger partial charge in [0, 0.05) is 17.3 Å². The summed E-state index contributed by atoms with van der Waals surface area (Å²) in [5.74, 6) is 1.09. The van der Waals surface area contributed by atoms with Crippen molar-refractivity contribution in [2.45, 2.75) is 72.7 Å². The number of hydrogen-bond donors (Lipinski definition) is 0. The molecular formula is C16H30O2Si. The summed E-state index contributed by atoms with van der Waals surface area (Å²) in [6, 6.07) is 0. The van der Waals surface area contributed by atoms with Crippen LogP contribution in [-0.2, 0) is 9.22 Å². The van der Waals surface area contributed by atoms with E-state index in [1.165, 1.54) is 0 Å². The number of rotatable bonds is 2. The van der Waals surface area contributed by atoms with Gasteiger partial charge >= 0.3 is 0 Å². The summed E-state index contributed by atoms with van der Waals surface area (Å²) < 4.78 is 6.66. The zero-order valence-electron chi connectivity index (χ0n) is 14.0. The molecule has 19 heavy (non-hydrogen) atoms. The van der Waals surface area contributed by atoms with Gasteiger partial charge in [-0.1, -0.05) is 48.5 Å². The third-order valence-electron chi connectivity index (χ3n) is 6.09. The lowest BCUT2D eigenvalue weighted by atomic mass is 9.79. The van der Waals surface area contributed by atoms with Crippen LogP contribution in [0, 0.1) is 22.7 Å². The summed E-state index contributed by atoms with van der Waals surface area (Å²) in [5, 5.41) is 0.198. The molecule has 0 spiro atoms. The Morgan fingerprint density at radius 1 is 1.11 bits per heavy atom. The Kier molecular flexibility index (Phi) is 2.99. The highest BCUT2D eigenvalue weighted by atomic mass is 28.4. The molecule has 0 aromatic heterocycles. The predicted molar refractivity (Wildman–Crippen MR) is 81.6 cm³/mol. The van der Waals surface area contributed by atoms with Crippen LogP contribution in [0.2, 0.25) is 18.1 Å². The molecule has 0 amide bonds. The van der Waals surface area contributed by atoms with E-state index >= 15 is 0 Å². The third-order valence-corrected chi connectivity index (χ3v) is 10.5. The number of hydrogen-bond acceptors (Lipinski definition) is 2. The maximum absolute atomic E-state index is 12.6. The van der Waals surface area contributed by atoms with E-state index in [0.29, 0.717) is 11.7 Å². The molecule has 0 aromatic rings. The van der Waals surface area contributed by atoms with Gasteiger partial charge in [0.25, 0.3) is 0 Å². The van der Waals surface area contributed by atoms with Crippen molar-refractivity contribution < 1.29 is 9.22 Å². The fraction of sp³-hybridized carbons (Fsp3) is 0.938. The first-order chi connectivity index (χ1) is 8.24. The molecule has 2 saturated carbocycles. The van der Waals surface area contributed by atoms with Gasteiger partial charge in [0.1, 0.15) is 5.78 Å². The minimum atomic E-state index is -1.82. The lowest BCUT2D eigenvalue weighted by Gasteiger charge is -2.43. The molecule has 0 bridgehead atoms. The van der Waals surface area contributed by atoms with Crippen molar-refractivity contribution in [1.29, 1.82) is 0 Å². The van der Waals surface area contributed by atoms with E-state index in [1.807, 2.05) is 0 Å². The van der Waals surface area contributed by atoms with Gasteiger partial charge in [-0.15, -0.1) is 0 Å². The maximum atomic E-state index is 12.6. The molecule has 0 saturated heterocycles. The van der Waals surface area contributed by atoms with Gasteiger partial charge in [-0.2, -0.15) is 0 Å². The third kappa shape index (κ3) is 1.96. The number of carbonyl (C=O) groups is 1. The van der Waals surface area contributed by atoms with E-state index in [9.17, 15) is 4.79 Å². The van der Waals surface area contributed by atoms with E-state index in [1.54, 1.807) is 0 Å². The van der Waals surface area contributed by atoms with E-state index < -0.39 is 8.32 Å². The van der Waals surface area contributed by atoms with Crippen molar-refractivity contribution in [3.8, 4) is 0 Å². The lowest BCUT2D eigenvalue weighted by Crippen LogP contribution is -2.49. The van der Waals surface area contributed by atoms with Crippen molar-refractivity contribution in [3.63, 3.8) is 0 Å². The van der Waals surface area contributed by atoms with E-state index in [4.69, 9.17) is 4.43 Å². The molecule has 0 aliphatic heterocycles. The molecule has 2 aliphatic carbocycles. The molecule has 3 heteroatoms. The summed E-state index contributed by atoms with van der Waals surface area (Å²) in [6.45, 7) is 20.0. The van der Waals surface area contributed by atoms with Gasteiger partial charge in [-0.05, 0) is 23.5 Å². The van der Waals surface area contributed by atoms with E-state index in [-0.39, 0.29) is 27.9 Å². The molecule has 2 fully saturated rings. The largest absolute Gasteiger partial charge is 0.413 e. The second-order valence-electron chi connectivity index (χ2n) is 9.21. The van der Waals surface area contributed by atoms with Gasteiger partial charge in [0.2, 0.25) is 0 Å². The van der Waals surface area contributed by atoms with Crippen LogP contribution in [0.4, 0.5) is 0 Å².